The van der Waals surface area contributed by atoms with Gasteiger partial charge in [0, 0.05) is 18.8 Å². The minimum absolute atomic E-state index is 0.0872. The van der Waals surface area contributed by atoms with E-state index in [1.165, 1.54) is 0 Å². The SMILES string of the molecule is Cn1c(=O)c2cccnc2n2c(-c3ccccc3)cnc12. The van der Waals surface area contributed by atoms with Gasteiger partial charge in [-0.1, -0.05) is 30.3 Å². The molecule has 0 aliphatic carbocycles. The summed E-state index contributed by atoms with van der Waals surface area (Å²) >= 11 is 0. The molecule has 3 heterocycles. The van der Waals surface area contributed by atoms with Gasteiger partial charge in [-0.25, -0.2) is 9.97 Å². The Kier molecular flexibility index (Phi) is 2.41. The third-order valence-corrected chi connectivity index (χ3v) is 3.65. The largest absolute Gasteiger partial charge is 0.281 e. The molecule has 0 aliphatic heterocycles. The number of pyridine rings is 1. The lowest BCUT2D eigenvalue weighted by atomic mass is 10.2. The van der Waals surface area contributed by atoms with Crippen molar-refractivity contribution in [1.29, 1.82) is 0 Å². The van der Waals surface area contributed by atoms with Gasteiger partial charge in [-0.15, -0.1) is 0 Å². The van der Waals surface area contributed by atoms with Crippen molar-refractivity contribution in [3.63, 3.8) is 0 Å². The average Bonchev–Trinajstić information content (AvgIpc) is 2.99. The lowest BCUT2D eigenvalue weighted by molar-refractivity contribution is 0.861. The molecule has 0 atom stereocenters. The zero-order valence-corrected chi connectivity index (χ0v) is 11.4. The third kappa shape index (κ3) is 1.61. The molecule has 102 valence electrons. The fraction of sp³-hybridized carbons (Fsp3) is 0.0625. The normalized spacial score (nSPS) is 11.3. The molecule has 0 radical (unpaired) electrons. The molecule has 0 fully saturated rings. The van der Waals surface area contributed by atoms with Crippen molar-refractivity contribution in [2.75, 3.05) is 0 Å². The van der Waals surface area contributed by atoms with Crippen LogP contribution in [0.15, 0.2) is 59.7 Å². The van der Waals surface area contributed by atoms with Gasteiger partial charge in [0.05, 0.1) is 17.3 Å². The zero-order valence-electron chi connectivity index (χ0n) is 11.4. The van der Waals surface area contributed by atoms with Gasteiger partial charge in [-0.05, 0) is 12.1 Å². The molecule has 0 aliphatic rings. The average molecular weight is 276 g/mol. The van der Waals surface area contributed by atoms with Crippen molar-refractivity contribution >= 4 is 16.8 Å². The second-order valence-corrected chi connectivity index (χ2v) is 4.88. The van der Waals surface area contributed by atoms with Crippen molar-refractivity contribution in [3.05, 3.63) is 65.2 Å². The van der Waals surface area contributed by atoms with E-state index in [1.807, 2.05) is 34.7 Å². The van der Waals surface area contributed by atoms with E-state index in [9.17, 15) is 4.79 Å². The molecule has 0 unspecified atom stereocenters. The van der Waals surface area contributed by atoms with Crippen LogP contribution in [0.5, 0.6) is 0 Å². The van der Waals surface area contributed by atoms with Crippen molar-refractivity contribution in [1.82, 2.24) is 18.9 Å². The first kappa shape index (κ1) is 11.8. The Bertz CT molecular complexity index is 1010. The maximum Gasteiger partial charge on any atom is 0.264 e. The number of imidazole rings is 1. The van der Waals surface area contributed by atoms with E-state index < -0.39 is 0 Å². The van der Waals surface area contributed by atoms with Crippen molar-refractivity contribution in [2.24, 2.45) is 7.05 Å². The number of aryl methyl sites for hydroxylation is 1. The first-order valence-corrected chi connectivity index (χ1v) is 6.64. The summed E-state index contributed by atoms with van der Waals surface area (Å²) in [6, 6.07) is 13.5. The van der Waals surface area contributed by atoms with E-state index in [2.05, 4.69) is 9.97 Å². The first-order valence-electron chi connectivity index (χ1n) is 6.64. The third-order valence-electron chi connectivity index (χ3n) is 3.65. The van der Waals surface area contributed by atoms with E-state index in [4.69, 9.17) is 0 Å². The molecule has 0 saturated carbocycles. The fourth-order valence-electron chi connectivity index (χ4n) is 2.61. The molecular formula is C16H12N4O. The topological polar surface area (TPSA) is 52.2 Å². The van der Waals surface area contributed by atoms with E-state index >= 15 is 0 Å². The molecular weight excluding hydrogens is 264 g/mol. The van der Waals surface area contributed by atoms with Gasteiger partial charge in [0.15, 0.2) is 5.65 Å². The van der Waals surface area contributed by atoms with Crippen molar-refractivity contribution in [2.45, 2.75) is 0 Å². The lowest BCUT2D eigenvalue weighted by Crippen LogP contribution is -2.20. The van der Waals surface area contributed by atoms with Crippen LogP contribution in [0.1, 0.15) is 0 Å². The van der Waals surface area contributed by atoms with Crippen molar-refractivity contribution in [3.8, 4) is 11.3 Å². The van der Waals surface area contributed by atoms with E-state index in [0.29, 0.717) is 16.8 Å². The maximum absolute atomic E-state index is 12.4. The molecule has 0 saturated heterocycles. The van der Waals surface area contributed by atoms with Crippen LogP contribution in [0.25, 0.3) is 28.1 Å². The van der Waals surface area contributed by atoms with E-state index in [1.54, 1.807) is 36.1 Å². The quantitative estimate of drug-likeness (QED) is 0.536. The number of aromatic nitrogens is 4. The van der Waals surface area contributed by atoms with Gasteiger partial charge >= 0.3 is 0 Å². The molecule has 3 aromatic heterocycles. The summed E-state index contributed by atoms with van der Waals surface area (Å²) in [4.78, 5) is 21.1. The Hall–Kier alpha value is -2.95. The molecule has 4 aromatic rings. The molecule has 0 amide bonds. The van der Waals surface area contributed by atoms with Gasteiger partial charge < -0.3 is 0 Å². The summed E-state index contributed by atoms with van der Waals surface area (Å²) < 4.78 is 3.47. The fourth-order valence-corrected chi connectivity index (χ4v) is 2.61. The Labute approximate surface area is 120 Å². The van der Waals surface area contributed by atoms with Crippen LogP contribution in [0.2, 0.25) is 0 Å². The Balaban J connectivity index is 2.24. The lowest BCUT2D eigenvalue weighted by Gasteiger charge is -2.08. The highest BCUT2D eigenvalue weighted by Gasteiger charge is 2.14. The molecule has 1 aromatic carbocycles. The number of nitrogens with zero attached hydrogens (tertiary/aromatic N) is 4. The summed E-state index contributed by atoms with van der Waals surface area (Å²) in [5.74, 6) is 0.588. The molecule has 5 nitrogen and oxygen atoms in total. The first-order chi connectivity index (χ1) is 10.3. The predicted molar refractivity (Wildman–Crippen MR) is 81.2 cm³/mol. The number of rotatable bonds is 1. The monoisotopic (exact) mass is 276 g/mol. The zero-order chi connectivity index (χ0) is 14.4. The van der Waals surface area contributed by atoms with Gasteiger partial charge in [0.25, 0.3) is 5.56 Å². The minimum Gasteiger partial charge on any atom is -0.281 e. The summed E-state index contributed by atoms with van der Waals surface area (Å²) in [5.41, 5.74) is 2.50. The second kappa shape index (κ2) is 4.28. The number of hydrogen-bond donors (Lipinski definition) is 0. The van der Waals surface area contributed by atoms with Crippen LogP contribution < -0.4 is 5.56 Å². The highest BCUT2D eigenvalue weighted by Crippen LogP contribution is 2.22. The highest BCUT2D eigenvalue weighted by molar-refractivity contribution is 5.79. The molecule has 0 N–H and O–H groups in total. The molecule has 21 heavy (non-hydrogen) atoms. The van der Waals surface area contributed by atoms with E-state index in [0.717, 1.165) is 11.3 Å². The van der Waals surface area contributed by atoms with Crippen LogP contribution in [0.3, 0.4) is 0 Å². The molecule has 5 heteroatoms. The molecule has 0 spiro atoms. The second-order valence-electron chi connectivity index (χ2n) is 4.88. The van der Waals surface area contributed by atoms with Crippen molar-refractivity contribution < 1.29 is 0 Å². The predicted octanol–water partition coefficient (Wildman–Crippen LogP) is 2.25. The smallest absolute Gasteiger partial charge is 0.264 e. The van der Waals surface area contributed by atoms with Crippen LogP contribution >= 0.6 is 0 Å². The van der Waals surface area contributed by atoms with Gasteiger partial charge in [-0.2, -0.15) is 0 Å². The summed E-state index contributed by atoms with van der Waals surface area (Å²) in [6.07, 6.45) is 3.47. The van der Waals surface area contributed by atoms with Crippen LogP contribution in [0.4, 0.5) is 0 Å². The van der Waals surface area contributed by atoms with E-state index in [-0.39, 0.29) is 5.56 Å². The maximum atomic E-state index is 12.4. The summed E-state index contributed by atoms with van der Waals surface area (Å²) in [5, 5.41) is 0.586. The van der Waals surface area contributed by atoms with Crippen LogP contribution in [0, 0.1) is 0 Å². The van der Waals surface area contributed by atoms with Crippen LogP contribution in [-0.4, -0.2) is 18.9 Å². The number of benzene rings is 1. The molecule has 4 rings (SSSR count). The van der Waals surface area contributed by atoms with Gasteiger partial charge in [0.1, 0.15) is 0 Å². The Morgan fingerprint density at radius 3 is 2.62 bits per heavy atom. The summed E-state index contributed by atoms with van der Waals surface area (Å²) in [6.45, 7) is 0. The minimum atomic E-state index is -0.0872. The Morgan fingerprint density at radius 1 is 1.00 bits per heavy atom. The molecule has 0 bridgehead atoms. The Morgan fingerprint density at radius 2 is 1.81 bits per heavy atom. The highest BCUT2D eigenvalue weighted by atomic mass is 16.1. The van der Waals surface area contributed by atoms with Gasteiger partial charge in [0.2, 0.25) is 5.78 Å². The van der Waals surface area contributed by atoms with Crippen LogP contribution in [-0.2, 0) is 7.05 Å². The number of fused-ring (bicyclic) bond motifs is 3. The van der Waals surface area contributed by atoms with Gasteiger partial charge in [-0.3, -0.25) is 13.8 Å². The summed E-state index contributed by atoms with van der Waals surface area (Å²) in [7, 11) is 1.73. The standard InChI is InChI=1S/C16H12N4O/c1-19-15(21)12-8-5-9-17-14(12)20-13(10-18-16(19)20)11-6-3-2-4-7-11/h2-10H,1H3. The number of hydrogen-bond acceptors (Lipinski definition) is 3.